The van der Waals surface area contributed by atoms with Crippen LogP contribution in [0.15, 0.2) is 29.2 Å². The smallest absolute Gasteiger partial charge is 0.240 e. The summed E-state index contributed by atoms with van der Waals surface area (Å²) in [7, 11) is -2.03. The highest BCUT2D eigenvalue weighted by molar-refractivity contribution is 7.89. The minimum atomic E-state index is -3.56. The Bertz CT molecular complexity index is 594. The molecule has 1 aliphatic carbocycles. The van der Waals surface area contributed by atoms with Crippen molar-refractivity contribution in [1.29, 1.82) is 0 Å². The fourth-order valence-corrected chi connectivity index (χ4v) is 3.14. The van der Waals surface area contributed by atoms with Gasteiger partial charge >= 0.3 is 0 Å². The van der Waals surface area contributed by atoms with Gasteiger partial charge in [-0.1, -0.05) is 0 Å². The van der Waals surface area contributed by atoms with Crippen molar-refractivity contribution in [3.8, 4) is 5.75 Å². The van der Waals surface area contributed by atoms with Crippen LogP contribution in [0.2, 0.25) is 0 Å². The van der Waals surface area contributed by atoms with E-state index in [9.17, 15) is 13.2 Å². The van der Waals surface area contributed by atoms with E-state index in [0.29, 0.717) is 12.3 Å². The lowest BCUT2D eigenvalue weighted by Gasteiger charge is -2.20. The number of carbonyl (C=O) groups excluding carboxylic acids is 1. The summed E-state index contributed by atoms with van der Waals surface area (Å²) in [4.78, 5) is 13.4. The Hall–Kier alpha value is -1.60. The van der Waals surface area contributed by atoms with Crippen LogP contribution in [0.4, 0.5) is 0 Å². The van der Waals surface area contributed by atoms with Gasteiger partial charge < -0.3 is 9.64 Å². The first-order valence-electron chi connectivity index (χ1n) is 6.85. The largest absolute Gasteiger partial charge is 0.497 e. The highest BCUT2D eigenvalue weighted by Crippen LogP contribution is 2.26. The van der Waals surface area contributed by atoms with Gasteiger partial charge in [0.05, 0.1) is 12.0 Å². The molecule has 0 atom stereocenters. The lowest BCUT2D eigenvalue weighted by molar-refractivity contribution is -0.129. The van der Waals surface area contributed by atoms with Crippen LogP contribution >= 0.6 is 0 Å². The van der Waals surface area contributed by atoms with E-state index >= 15 is 0 Å². The zero-order valence-electron chi connectivity index (χ0n) is 12.2. The van der Waals surface area contributed by atoms with E-state index in [1.54, 1.807) is 17.0 Å². The number of amides is 1. The molecule has 6 nitrogen and oxygen atoms in total. The van der Waals surface area contributed by atoms with E-state index < -0.39 is 10.0 Å². The van der Waals surface area contributed by atoms with Crippen molar-refractivity contribution in [2.24, 2.45) is 0 Å². The molecular formula is C14H20N2O4S. The van der Waals surface area contributed by atoms with Gasteiger partial charge in [0.15, 0.2) is 0 Å². The normalized spacial score (nSPS) is 14.8. The molecule has 21 heavy (non-hydrogen) atoms. The van der Waals surface area contributed by atoms with Crippen LogP contribution in [-0.2, 0) is 14.8 Å². The Morgan fingerprint density at radius 3 is 2.43 bits per heavy atom. The average Bonchev–Trinajstić information content (AvgIpc) is 3.27. The van der Waals surface area contributed by atoms with Gasteiger partial charge in [0.1, 0.15) is 5.75 Å². The topological polar surface area (TPSA) is 75.7 Å². The van der Waals surface area contributed by atoms with E-state index in [0.717, 1.165) is 12.8 Å². The fourth-order valence-electron chi connectivity index (χ4n) is 2.12. The molecule has 1 saturated carbocycles. The number of hydrogen-bond acceptors (Lipinski definition) is 4. The first kappa shape index (κ1) is 15.8. The lowest BCUT2D eigenvalue weighted by Crippen LogP contribution is -2.38. The average molecular weight is 312 g/mol. The monoisotopic (exact) mass is 312 g/mol. The number of rotatable bonds is 7. The summed E-state index contributed by atoms with van der Waals surface area (Å²) in [6, 6.07) is 6.46. The van der Waals surface area contributed by atoms with E-state index in [4.69, 9.17) is 4.74 Å². The van der Waals surface area contributed by atoms with Crippen LogP contribution in [-0.4, -0.2) is 45.5 Å². The van der Waals surface area contributed by atoms with E-state index in [-0.39, 0.29) is 23.4 Å². The van der Waals surface area contributed by atoms with Gasteiger partial charge in [0.2, 0.25) is 15.9 Å². The molecule has 1 N–H and O–H groups in total. The quantitative estimate of drug-likeness (QED) is 0.814. The second-order valence-corrected chi connectivity index (χ2v) is 6.78. The van der Waals surface area contributed by atoms with Gasteiger partial charge in [-0.3, -0.25) is 4.79 Å². The second kappa shape index (κ2) is 6.44. The molecule has 0 spiro atoms. The number of nitrogens with zero attached hydrogens (tertiary/aromatic N) is 1. The molecule has 0 bridgehead atoms. The number of sulfonamides is 1. The molecule has 7 heteroatoms. The first-order valence-corrected chi connectivity index (χ1v) is 8.33. The van der Waals surface area contributed by atoms with Gasteiger partial charge in [0.25, 0.3) is 0 Å². The molecule has 0 aromatic heterocycles. The standard InChI is InChI=1S/C14H20N2O4S/c1-11(17)16(12-3-4-12)10-9-15-21(18,19)14-7-5-13(20-2)6-8-14/h5-8,12,15H,3-4,9-10H2,1-2H3. The molecular weight excluding hydrogens is 292 g/mol. The molecule has 2 rings (SSSR count). The Balaban J connectivity index is 1.92. The fraction of sp³-hybridized carbons (Fsp3) is 0.500. The molecule has 0 radical (unpaired) electrons. The Morgan fingerprint density at radius 1 is 1.33 bits per heavy atom. The molecule has 1 aromatic rings. The van der Waals surface area contributed by atoms with Crippen molar-refractivity contribution in [3.63, 3.8) is 0 Å². The SMILES string of the molecule is COc1ccc(S(=O)(=O)NCCN(C(C)=O)C2CC2)cc1. The van der Waals surface area contributed by atoms with E-state index in [2.05, 4.69) is 4.72 Å². The highest BCUT2D eigenvalue weighted by Gasteiger charge is 2.30. The van der Waals surface area contributed by atoms with Gasteiger partial charge in [-0.15, -0.1) is 0 Å². The molecule has 0 aliphatic heterocycles. The maximum absolute atomic E-state index is 12.1. The molecule has 0 heterocycles. The third-order valence-corrected chi connectivity index (χ3v) is 4.88. The van der Waals surface area contributed by atoms with Crippen molar-refractivity contribution in [2.45, 2.75) is 30.7 Å². The van der Waals surface area contributed by atoms with E-state index in [1.807, 2.05) is 0 Å². The zero-order valence-corrected chi connectivity index (χ0v) is 13.0. The number of carbonyl (C=O) groups is 1. The van der Waals surface area contributed by atoms with Crippen LogP contribution < -0.4 is 9.46 Å². The van der Waals surface area contributed by atoms with Gasteiger partial charge in [-0.25, -0.2) is 13.1 Å². The third kappa shape index (κ3) is 4.18. The van der Waals surface area contributed by atoms with Crippen LogP contribution in [0.25, 0.3) is 0 Å². The molecule has 116 valence electrons. The summed E-state index contributed by atoms with van der Waals surface area (Å²) in [5.74, 6) is 0.589. The van der Waals surface area contributed by atoms with Crippen LogP contribution in [0.1, 0.15) is 19.8 Å². The molecule has 1 fully saturated rings. The molecule has 1 amide bonds. The van der Waals surface area contributed by atoms with Crippen molar-refractivity contribution >= 4 is 15.9 Å². The van der Waals surface area contributed by atoms with Crippen LogP contribution in [0.5, 0.6) is 5.75 Å². The summed E-state index contributed by atoms with van der Waals surface area (Å²) < 4.78 is 31.7. The number of nitrogens with one attached hydrogen (secondary N) is 1. The highest BCUT2D eigenvalue weighted by atomic mass is 32.2. The molecule has 1 aromatic carbocycles. The Kier molecular flexibility index (Phi) is 4.84. The maximum Gasteiger partial charge on any atom is 0.240 e. The van der Waals surface area contributed by atoms with Crippen molar-refractivity contribution in [1.82, 2.24) is 9.62 Å². The molecule has 0 unspecified atom stereocenters. The first-order chi connectivity index (χ1) is 9.94. The number of ether oxygens (including phenoxy) is 1. The van der Waals surface area contributed by atoms with Crippen LogP contribution in [0, 0.1) is 0 Å². The summed E-state index contributed by atoms with van der Waals surface area (Å²) in [5, 5.41) is 0. The number of methoxy groups -OCH3 is 1. The summed E-state index contributed by atoms with van der Waals surface area (Å²) in [5.41, 5.74) is 0. The Labute approximate surface area is 125 Å². The van der Waals surface area contributed by atoms with Crippen molar-refractivity contribution in [3.05, 3.63) is 24.3 Å². The van der Waals surface area contributed by atoms with Gasteiger partial charge in [0, 0.05) is 26.1 Å². The lowest BCUT2D eigenvalue weighted by atomic mass is 10.3. The molecule has 0 saturated heterocycles. The van der Waals surface area contributed by atoms with Crippen molar-refractivity contribution < 1.29 is 17.9 Å². The maximum atomic E-state index is 12.1. The second-order valence-electron chi connectivity index (χ2n) is 5.02. The van der Waals surface area contributed by atoms with Crippen LogP contribution in [0.3, 0.4) is 0 Å². The predicted octanol–water partition coefficient (Wildman–Crippen LogP) is 0.984. The van der Waals surface area contributed by atoms with Gasteiger partial charge in [-0.2, -0.15) is 0 Å². The number of hydrogen-bond donors (Lipinski definition) is 1. The minimum Gasteiger partial charge on any atom is -0.497 e. The van der Waals surface area contributed by atoms with Gasteiger partial charge in [-0.05, 0) is 37.1 Å². The number of benzene rings is 1. The summed E-state index contributed by atoms with van der Waals surface area (Å²) >= 11 is 0. The third-order valence-electron chi connectivity index (χ3n) is 3.41. The predicted molar refractivity (Wildman–Crippen MR) is 78.6 cm³/mol. The minimum absolute atomic E-state index is 0.0128. The zero-order chi connectivity index (χ0) is 15.5. The van der Waals surface area contributed by atoms with E-state index in [1.165, 1.54) is 26.2 Å². The molecule has 1 aliphatic rings. The summed E-state index contributed by atoms with van der Waals surface area (Å²) in [6.07, 6.45) is 2.01. The van der Waals surface area contributed by atoms with Crippen molar-refractivity contribution in [2.75, 3.05) is 20.2 Å². The summed E-state index contributed by atoms with van der Waals surface area (Å²) in [6.45, 7) is 2.12. The Morgan fingerprint density at radius 2 is 1.95 bits per heavy atom.